The van der Waals surface area contributed by atoms with Gasteiger partial charge in [0.15, 0.2) is 0 Å². The van der Waals surface area contributed by atoms with Crippen molar-refractivity contribution >= 4 is 5.91 Å². The fourth-order valence-electron chi connectivity index (χ4n) is 2.01. The molecule has 0 spiro atoms. The summed E-state index contributed by atoms with van der Waals surface area (Å²) < 4.78 is 1.83. The van der Waals surface area contributed by atoms with Crippen LogP contribution in [0.15, 0.2) is 42.7 Å². The predicted octanol–water partition coefficient (Wildman–Crippen LogP) is 1.83. The van der Waals surface area contributed by atoms with E-state index in [0.717, 1.165) is 11.3 Å². The van der Waals surface area contributed by atoms with E-state index in [1.54, 1.807) is 11.1 Å². The van der Waals surface area contributed by atoms with E-state index in [1.807, 2.05) is 62.1 Å². The molecule has 112 valence electrons. The average molecular weight is 286 g/mol. The first-order chi connectivity index (χ1) is 10.1. The number of hydrogen-bond donors (Lipinski definition) is 1. The average Bonchev–Trinajstić information content (AvgIpc) is 3.00. The Morgan fingerprint density at radius 2 is 2.10 bits per heavy atom. The number of rotatable bonds is 6. The third-order valence-corrected chi connectivity index (χ3v) is 3.50. The summed E-state index contributed by atoms with van der Waals surface area (Å²) >= 11 is 0. The predicted molar refractivity (Wildman–Crippen MR) is 83.2 cm³/mol. The van der Waals surface area contributed by atoms with Crippen molar-refractivity contribution in [1.29, 1.82) is 0 Å². The largest absolute Gasteiger partial charge is 0.342 e. The second-order valence-corrected chi connectivity index (χ2v) is 5.28. The van der Waals surface area contributed by atoms with E-state index in [-0.39, 0.29) is 11.9 Å². The van der Waals surface area contributed by atoms with Crippen LogP contribution in [0.3, 0.4) is 0 Å². The van der Waals surface area contributed by atoms with Crippen molar-refractivity contribution in [2.24, 2.45) is 0 Å². The van der Waals surface area contributed by atoms with Gasteiger partial charge in [0.2, 0.25) is 5.91 Å². The Hall–Kier alpha value is -2.14. The Morgan fingerprint density at radius 1 is 1.33 bits per heavy atom. The highest BCUT2D eigenvalue weighted by molar-refractivity contribution is 5.78. The lowest BCUT2D eigenvalue weighted by atomic mass is 10.2. The van der Waals surface area contributed by atoms with Crippen LogP contribution in [0.4, 0.5) is 0 Å². The van der Waals surface area contributed by atoms with Gasteiger partial charge in [0.1, 0.15) is 0 Å². The third kappa shape index (κ3) is 3.92. The van der Waals surface area contributed by atoms with Crippen LogP contribution in [0.1, 0.15) is 19.4 Å². The molecule has 0 aliphatic rings. The van der Waals surface area contributed by atoms with Gasteiger partial charge >= 0.3 is 0 Å². The van der Waals surface area contributed by atoms with Gasteiger partial charge in [-0.2, -0.15) is 5.10 Å². The lowest BCUT2D eigenvalue weighted by Gasteiger charge is -2.21. The lowest BCUT2D eigenvalue weighted by Crippen LogP contribution is -2.39. The van der Waals surface area contributed by atoms with Crippen LogP contribution in [-0.2, 0) is 11.3 Å². The number of nitrogens with one attached hydrogen (secondary N) is 1. The molecule has 2 aromatic rings. The van der Waals surface area contributed by atoms with Crippen molar-refractivity contribution in [1.82, 2.24) is 20.0 Å². The highest BCUT2D eigenvalue weighted by Gasteiger charge is 2.11. The van der Waals surface area contributed by atoms with E-state index in [4.69, 9.17) is 0 Å². The topological polar surface area (TPSA) is 50.2 Å². The van der Waals surface area contributed by atoms with Gasteiger partial charge in [-0.1, -0.05) is 18.2 Å². The monoisotopic (exact) mass is 286 g/mol. The fraction of sp³-hybridized carbons (Fsp3) is 0.375. The molecule has 1 heterocycles. The Kier molecular flexibility index (Phi) is 5.11. The number of benzene rings is 1. The molecule has 0 radical (unpaired) electrons. The molecular formula is C16H22N4O. The summed E-state index contributed by atoms with van der Waals surface area (Å²) in [4.78, 5) is 13.7. The third-order valence-electron chi connectivity index (χ3n) is 3.50. The number of amides is 1. The first-order valence-electron chi connectivity index (χ1n) is 7.14. The molecule has 0 saturated heterocycles. The van der Waals surface area contributed by atoms with Gasteiger partial charge in [-0.05, 0) is 31.5 Å². The molecule has 0 aliphatic heterocycles. The molecule has 0 aliphatic carbocycles. The first-order valence-corrected chi connectivity index (χ1v) is 7.14. The molecule has 1 aromatic carbocycles. The number of carbonyl (C=O) groups excluding carboxylic acids is 1. The van der Waals surface area contributed by atoms with Gasteiger partial charge in [0.05, 0.1) is 12.2 Å². The fourth-order valence-corrected chi connectivity index (χ4v) is 2.01. The number of carbonyl (C=O) groups is 1. The highest BCUT2D eigenvalue weighted by atomic mass is 16.2. The van der Waals surface area contributed by atoms with Gasteiger partial charge < -0.3 is 10.2 Å². The molecule has 21 heavy (non-hydrogen) atoms. The van der Waals surface area contributed by atoms with Gasteiger partial charge in [0.25, 0.3) is 0 Å². The minimum atomic E-state index is 0.0987. The molecule has 2 rings (SSSR count). The summed E-state index contributed by atoms with van der Waals surface area (Å²) in [5.74, 6) is 0.0987. The van der Waals surface area contributed by atoms with Crippen LogP contribution in [0.5, 0.6) is 0 Å². The zero-order chi connectivity index (χ0) is 15.2. The maximum atomic E-state index is 11.9. The minimum absolute atomic E-state index is 0.0987. The minimum Gasteiger partial charge on any atom is -0.342 e. The van der Waals surface area contributed by atoms with Crippen LogP contribution in [0.2, 0.25) is 0 Å². The first kappa shape index (κ1) is 15.3. The van der Waals surface area contributed by atoms with E-state index in [9.17, 15) is 4.79 Å². The summed E-state index contributed by atoms with van der Waals surface area (Å²) in [6, 6.07) is 10.2. The molecule has 1 aromatic heterocycles. The molecule has 0 saturated carbocycles. The van der Waals surface area contributed by atoms with Crippen molar-refractivity contribution in [3.8, 4) is 5.69 Å². The quantitative estimate of drug-likeness (QED) is 0.881. The molecule has 5 nitrogen and oxygen atoms in total. The molecule has 0 atom stereocenters. The molecule has 1 N–H and O–H groups in total. The summed E-state index contributed by atoms with van der Waals surface area (Å²) in [5, 5.41) is 7.46. The van der Waals surface area contributed by atoms with Crippen molar-refractivity contribution in [3.63, 3.8) is 0 Å². The van der Waals surface area contributed by atoms with Crippen LogP contribution < -0.4 is 5.32 Å². The van der Waals surface area contributed by atoms with Crippen LogP contribution in [0, 0.1) is 0 Å². The van der Waals surface area contributed by atoms with Gasteiger partial charge in [-0.15, -0.1) is 0 Å². The van der Waals surface area contributed by atoms with Gasteiger partial charge in [-0.3, -0.25) is 4.79 Å². The molecule has 0 bridgehead atoms. The zero-order valence-electron chi connectivity index (χ0n) is 12.8. The zero-order valence-corrected chi connectivity index (χ0v) is 12.8. The molecule has 5 heteroatoms. The summed E-state index contributed by atoms with van der Waals surface area (Å²) in [6.07, 6.45) is 3.67. The Balaban J connectivity index is 1.97. The van der Waals surface area contributed by atoms with Gasteiger partial charge in [0, 0.05) is 32.0 Å². The maximum Gasteiger partial charge on any atom is 0.236 e. The molecular weight excluding hydrogens is 264 g/mol. The van der Waals surface area contributed by atoms with Crippen molar-refractivity contribution in [2.45, 2.75) is 26.4 Å². The molecule has 0 unspecified atom stereocenters. The van der Waals surface area contributed by atoms with E-state index in [2.05, 4.69) is 10.4 Å². The Bertz CT molecular complexity index is 578. The lowest BCUT2D eigenvalue weighted by molar-refractivity contribution is -0.130. The van der Waals surface area contributed by atoms with Crippen LogP contribution in [-0.4, -0.2) is 40.2 Å². The number of para-hydroxylation sites is 1. The van der Waals surface area contributed by atoms with Gasteiger partial charge in [-0.25, -0.2) is 4.68 Å². The summed E-state index contributed by atoms with van der Waals surface area (Å²) in [6.45, 7) is 4.98. The smallest absolute Gasteiger partial charge is 0.236 e. The number of likely N-dealkylation sites (N-methyl/N-ethyl adjacent to an activating group) is 1. The Labute approximate surface area is 125 Å². The second-order valence-electron chi connectivity index (χ2n) is 5.28. The van der Waals surface area contributed by atoms with E-state index >= 15 is 0 Å². The Morgan fingerprint density at radius 3 is 2.76 bits per heavy atom. The number of aromatic nitrogens is 2. The van der Waals surface area contributed by atoms with Crippen molar-refractivity contribution < 1.29 is 4.79 Å². The highest BCUT2D eigenvalue weighted by Crippen LogP contribution is 2.12. The molecule has 0 fully saturated rings. The van der Waals surface area contributed by atoms with Crippen molar-refractivity contribution in [3.05, 3.63) is 48.3 Å². The normalized spacial score (nSPS) is 10.9. The number of nitrogens with zero attached hydrogens (tertiary/aromatic N) is 3. The van der Waals surface area contributed by atoms with E-state index in [0.29, 0.717) is 13.1 Å². The summed E-state index contributed by atoms with van der Waals surface area (Å²) in [5.41, 5.74) is 2.14. The second kappa shape index (κ2) is 7.04. The summed E-state index contributed by atoms with van der Waals surface area (Å²) in [7, 11) is 1.83. The van der Waals surface area contributed by atoms with E-state index < -0.39 is 0 Å². The molecule has 1 amide bonds. The van der Waals surface area contributed by atoms with Crippen LogP contribution >= 0.6 is 0 Å². The van der Waals surface area contributed by atoms with E-state index in [1.165, 1.54) is 0 Å². The SMILES string of the molecule is CC(C)N(C)C(=O)CNCc1ccccc1-n1cccn1. The van der Waals surface area contributed by atoms with Crippen molar-refractivity contribution in [2.75, 3.05) is 13.6 Å². The maximum absolute atomic E-state index is 11.9. The number of hydrogen-bond acceptors (Lipinski definition) is 3. The van der Waals surface area contributed by atoms with Crippen LogP contribution in [0.25, 0.3) is 5.69 Å². The standard InChI is InChI=1S/C16H22N4O/c1-13(2)19(3)16(21)12-17-11-14-7-4-5-8-15(14)20-10-6-9-18-20/h4-10,13,17H,11-12H2,1-3H3.